The zero-order valence-corrected chi connectivity index (χ0v) is 18.0. The molecule has 1 heterocycles. The molecule has 7 nitrogen and oxygen atoms in total. The van der Waals surface area contributed by atoms with Crippen molar-refractivity contribution in [2.45, 2.75) is 32.6 Å². The van der Waals surface area contributed by atoms with Crippen LogP contribution in [0.5, 0.6) is 23.0 Å². The Morgan fingerprint density at radius 3 is 2.35 bits per heavy atom. The third-order valence-electron chi connectivity index (χ3n) is 5.78. The highest BCUT2D eigenvalue weighted by Crippen LogP contribution is 2.54. The first-order valence-electron chi connectivity index (χ1n) is 10.1. The van der Waals surface area contributed by atoms with Crippen LogP contribution in [-0.2, 0) is 19.3 Å². The van der Waals surface area contributed by atoms with E-state index < -0.39 is 5.63 Å². The molecule has 1 N–H and O–H groups in total. The van der Waals surface area contributed by atoms with Crippen molar-refractivity contribution in [1.29, 1.82) is 0 Å². The Labute approximate surface area is 179 Å². The minimum atomic E-state index is -0.479. The van der Waals surface area contributed by atoms with Gasteiger partial charge in [-0.15, -0.1) is 0 Å². The van der Waals surface area contributed by atoms with Gasteiger partial charge < -0.3 is 23.7 Å². The molecule has 0 spiro atoms. The number of hydrogen-bond acceptors (Lipinski definition) is 7. The Balaban J connectivity index is 2.17. The minimum Gasteiger partial charge on any atom is -0.504 e. The molecule has 0 atom stereocenters. The number of methoxy groups -OCH3 is 3. The molecule has 162 valence electrons. The first-order valence-corrected chi connectivity index (χ1v) is 10.1. The van der Waals surface area contributed by atoms with E-state index in [9.17, 15) is 14.7 Å². The number of aromatic hydroxyl groups is 1. The third-order valence-corrected chi connectivity index (χ3v) is 5.78. The Kier molecular flexibility index (Phi) is 5.35. The van der Waals surface area contributed by atoms with Crippen molar-refractivity contribution in [1.82, 2.24) is 0 Å². The van der Waals surface area contributed by atoms with Gasteiger partial charge >= 0.3 is 5.63 Å². The zero-order valence-electron chi connectivity index (χ0n) is 18.0. The Hall–Kier alpha value is -3.48. The molecule has 0 aliphatic heterocycles. The number of hydrogen-bond donors (Lipinski definition) is 1. The number of fused-ring (bicyclic) bond motifs is 4. The molecule has 1 aliphatic carbocycles. The smallest absolute Gasteiger partial charge is 0.347 e. The number of rotatable bonds is 6. The summed E-state index contributed by atoms with van der Waals surface area (Å²) in [4.78, 5) is 24.7. The minimum absolute atomic E-state index is 0.0153. The van der Waals surface area contributed by atoms with Gasteiger partial charge in [0.2, 0.25) is 0 Å². The molecular weight excluding hydrogens is 400 g/mol. The van der Waals surface area contributed by atoms with E-state index in [-0.39, 0.29) is 22.8 Å². The van der Waals surface area contributed by atoms with Gasteiger partial charge in [-0.2, -0.15) is 0 Å². The molecule has 1 aromatic heterocycles. The van der Waals surface area contributed by atoms with E-state index in [2.05, 4.69) is 0 Å². The van der Waals surface area contributed by atoms with E-state index in [0.29, 0.717) is 59.1 Å². The third kappa shape index (κ3) is 3.03. The fraction of sp³-hybridized carbons (Fsp3) is 0.333. The molecule has 1 aliphatic rings. The van der Waals surface area contributed by atoms with Gasteiger partial charge in [0.05, 0.1) is 21.3 Å². The molecule has 2 aromatic carbocycles. The van der Waals surface area contributed by atoms with Gasteiger partial charge in [-0.25, -0.2) is 4.79 Å². The fourth-order valence-corrected chi connectivity index (χ4v) is 4.54. The first-order chi connectivity index (χ1) is 15.0. The summed E-state index contributed by atoms with van der Waals surface area (Å²) in [5.74, 6) is 1.16. The monoisotopic (exact) mass is 424 g/mol. The summed E-state index contributed by atoms with van der Waals surface area (Å²) in [6.45, 7) is 2.02. The van der Waals surface area contributed by atoms with Crippen molar-refractivity contribution in [3.63, 3.8) is 0 Å². The second kappa shape index (κ2) is 7.98. The maximum absolute atomic E-state index is 12.9. The molecule has 0 saturated heterocycles. The first kappa shape index (κ1) is 20.8. The SMILES string of the molecule is CCCc1cc2cc3c(c(OC)c2c(=O)o1)-c1c(c(OC)c(O)c(C=O)c1OC)CC3. The van der Waals surface area contributed by atoms with E-state index in [1.165, 1.54) is 21.3 Å². The lowest BCUT2D eigenvalue weighted by molar-refractivity contribution is 0.111. The number of carbonyl (C=O) groups excluding carboxylic acids is 1. The average Bonchev–Trinajstić information content (AvgIpc) is 2.76. The lowest BCUT2D eigenvalue weighted by Gasteiger charge is -2.28. The summed E-state index contributed by atoms with van der Waals surface area (Å²) >= 11 is 0. The number of aryl methyl sites for hydroxylation is 2. The zero-order chi connectivity index (χ0) is 22.3. The van der Waals surface area contributed by atoms with Crippen LogP contribution in [-0.4, -0.2) is 32.7 Å². The van der Waals surface area contributed by atoms with Crippen LogP contribution in [0.25, 0.3) is 21.9 Å². The molecule has 0 bridgehead atoms. The predicted octanol–water partition coefficient (Wildman–Crippen LogP) is 4.06. The van der Waals surface area contributed by atoms with Crippen LogP contribution >= 0.6 is 0 Å². The molecule has 31 heavy (non-hydrogen) atoms. The summed E-state index contributed by atoms with van der Waals surface area (Å²) < 4.78 is 22.3. The highest BCUT2D eigenvalue weighted by atomic mass is 16.5. The number of aldehydes is 1. The highest BCUT2D eigenvalue weighted by molar-refractivity contribution is 6.02. The fourth-order valence-electron chi connectivity index (χ4n) is 4.54. The molecule has 7 heteroatoms. The molecule has 0 saturated carbocycles. The van der Waals surface area contributed by atoms with E-state index >= 15 is 0 Å². The van der Waals surface area contributed by atoms with E-state index in [1.54, 1.807) is 0 Å². The van der Waals surface area contributed by atoms with Gasteiger partial charge in [0.25, 0.3) is 0 Å². The number of phenols is 1. The standard InChI is InChI=1S/C24H24O7/c1-5-6-14-10-13-9-12-7-8-15-19(17(12)23(30-4)18(13)24(27)31-14)21(28-2)16(11-25)20(26)22(15)29-3/h9-11,26H,5-8H2,1-4H3. The van der Waals surface area contributed by atoms with Gasteiger partial charge in [0, 0.05) is 23.1 Å². The van der Waals surface area contributed by atoms with Gasteiger partial charge in [-0.3, -0.25) is 4.79 Å². The van der Waals surface area contributed by atoms with Crippen LogP contribution in [0.15, 0.2) is 21.3 Å². The molecule has 0 amide bonds. The molecule has 0 fully saturated rings. The Morgan fingerprint density at radius 2 is 1.74 bits per heavy atom. The van der Waals surface area contributed by atoms with Crippen molar-refractivity contribution >= 4 is 17.1 Å². The molecule has 4 rings (SSSR count). The summed E-state index contributed by atoms with van der Waals surface area (Å²) in [7, 11) is 4.36. The Bertz CT molecular complexity index is 1250. The van der Waals surface area contributed by atoms with E-state index in [1.807, 2.05) is 19.1 Å². The maximum Gasteiger partial charge on any atom is 0.347 e. The van der Waals surface area contributed by atoms with Crippen molar-refractivity contribution in [2.75, 3.05) is 21.3 Å². The summed E-state index contributed by atoms with van der Waals surface area (Å²) in [5, 5.41) is 11.7. The van der Waals surface area contributed by atoms with Gasteiger partial charge in [0.1, 0.15) is 28.2 Å². The van der Waals surface area contributed by atoms with Crippen molar-refractivity contribution in [3.05, 3.63) is 45.0 Å². The van der Waals surface area contributed by atoms with E-state index in [0.717, 1.165) is 17.4 Å². The molecular formula is C24H24O7. The lowest BCUT2D eigenvalue weighted by atomic mass is 9.81. The average molecular weight is 424 g/mol. The van der Waals surface area contributed by atoms with Crippen LogP contribution in [0.3, 0.4) is 0 Å². The van der Waals surface area contributed by atoms with Crippen molar-refractivity contribution in [2.24, 2.45) is 0 Å². The molecule has 0 radical (unpaired) electrons. The molecule has 0 unspecified atom stereocenters. The molecule has 3 aromatic rings. The largest absolute Gasteiger partial charge is 0.504 e. The number of ether oxygens (including phenoxy) is 3. The second-order valence-electron chi connectivity index (χ2n) is 7.46. The van der Waals surface area contributed by atoms with Gasteiger partial charge in [-0.1, -0.05) is 6.92 Å². The Morgan fingerprint density at radius 1 is 1.03 bits per heavy atom. The highest BCUT2D eigenvalue weighted by Gasteiger charge is 2.33. The lowest BCUT2D eigenvalue weighted by Crippen LogP contribution is -2.13. The number of carbonyl (C=O) groups is 1. The van der Waals surface area contributed by atoms with Gasteiger partial charge in [0.15, 0.2) is 17.8 Å². The normalized spacial score (nSPS) is 12.3. The second-order valence-corrected chi connectivity index (χ2v) is 7.46. The number of phenolic OH excluding ortho intramolecular Hbond substituents is 1. The quantitative estimate of drug-likeness (QED) is 0.596. The summed E-state index contributed by atoms with van der Waals surface area (Å²) in [6.07, 6.45) is 3.26. The summed E-state index contributed by atoms with van der Waals surface area (Å²) in [5.41, 5.74) is 2.38. The predicted molar refractivity (Wildman–Crippen MR) is 116 cm³/mol. The van der Waals surface area contributed by atoms with Crippen molar-refractivity contribution in [3.8, 4) is 34.1 Å². The number of benzene rings is 2. The van der Waals surface area contributed by atoms with Crippen LogP contribution in [0.1, 0.15) is 40.6 Å². The van der Waals surface area contributed by atoms with Crippen LogP contribution in [0, 0.1) is 0 Å². The van der Waals surface area contributed by atoms with Crippen LogP contribution in [0.2, 0.25) is 0 Å². The van der Waals surface area contributed by atoms with Gasteiger partial charge in [-0.05, 0) is 42.3 Å². The van der Waals surface area contributed by atoms with Crippen molar-refractivity contribution < 1.29 is 28.5 Å². The topological polar surface area (TPSA) is 95.2 Å². The maximum atomic E-state index is 12.9. The van der Waals surface area contributed by atoms with E-state index in [4.69, 9.17) is 18.6 Å². The van der Waals surface area contributed by atoms with Crippen LogP contribution in [0.4, 0.5) is 0 Å². The van der Waals surface area contributed by atoms with Crippen LogP contribution < -0.4 is 19.8 Å². The summed E-state index contributed by atoms with van der Waals surface area (Å²) in [6, 6.07) is 3.84.